The van der Waals surface area contributed by atoms with Gasteiger partial charge in [0.25, 0.3) is 0 Å². The van der Waals surface area contributed by atoms with Crippen LogP contribution in [-0.2, 0) is 14.8 Å². The SMILES string of the molecule is COc1ccc([C@@H](CC(C)C)NC(=O)CN(c2ccc(I)cc2)S(C)(=O)=O)cc1. The molecule has 0 aromatic heterocycles. The second-order valence-corrected chi connectivity index (χ2v) is 10.4. The van der Waals surface area contributed by atoms with Crippen LogP contribution in [0.5, 0.6) is 5.75 Å². The molecule has 2 aromatic rings. The molecule has 0 fully saturated rings. The van der Waals surface area contributed by atoms with E-state index in [4.69, 9.17) is 4.74 Å². The van der Waals surface area contributed by atoms with Gasteiger partial charge in [-0.3, -0.25) is 9.10 Å². The number of hydrogen-bond acceptors (Lipinski definition) is 4. The first-order chi connectivity index (χ1) is 13.6. The summed E-state index contributed by atoms with van der Waals surface area (Å²) in [6.45, 7) is 3.89. The molecule has 0 aliphatic carbocycles. The Morgan fingerprint density at radius 1 is 1.10 bits per heavy atom. The minimum atomic E-state index is -3.60. The molecule has 158 valence electrons. The van der Waals surface area contributed by atoms with Gasteiger partial charge in [-0.25, -0.2) is 8.42 Å². The summed E-state index contributed by atoms with van der Waals surface area (Å²) in [5, 5.41) is 3.00. The van der Waals surface area contributed by atoms with Crippen molar-refractivity contribution in [3.05, 3.63) is 57.7 Å². The van der Waals surface area contributed by atoms with Crippen molar-refractivity contribution in [1.82, 2.24) is 5.32 Å². The molecule has 2 aromatic carbocycles. The van der Waals surface area contributed by atoms with Crippen LogP contribution < -0.4 is 14.4 Å². The molecule has 6 nitrogen and oxygen atoms in total. The number of anilines is 1. The first-order valence-corrected chi connectivity index (χ1v) is 12.2. The van der Waals surface area contributed by atoms with Crippen molar-refractivity contribution in [2.75, 3.05) is 24.2 Å². The Labute approximate surface area is 186 Å². The number of rotatable bonds is 9. The zero-order chi connectivity index (χ0) is 21.6. The molecule has 2 rings (SSSR count). The second kappa shape index (κ2) is 10.3. The maximum atomic E-state index is 12.8. The lowest BCUT2D eigenvalue weighted by molar-refractivity contribution is -0.120. The van der Waals surface area contributed by atoms with E-state index < -0.39 is 10.0 Å². The Kier molecular flexibility index (Phi) is 8.33. The maximum Gasteiger partial charge on any atom is 0.241 e. The van der Waals surface area contributed by atoms with Crippen LogP contribution in [0.1, 0.15) is 31.9 Å². The highest BCUT2D eigenvalue weighted by Gasteiger charge is 2.23. The Balaban J connectivity index is 2.20. The number of ether oxygens (including phenoxy) is 1. The van der Waals surface area contributed by atoms with Crippen LogP contribution in [0.3, 0.4) is 0 Å². The summed E-state index contributed by atoms with van der Waals surface area (Å²) >= 11 is 2.15. The van der Waals surface area contributed by atoms with Crippen molar-refractivity contribution in [2.24, 2.45) is 5.92 Å². The predicted octanol–water partition coefficient (Wildman–Crippen LogP) is 3.97. The Morgan fingerprint density at radius 3 is 2.17 bits per heavy atom. The van der Waals surface area contributed by atoms with Gasteiger partial charge >= 0.3 is 0 Å². The summed E-state index contributed by atoms with van der Waals surface area (Å²) in [6.07, 6.45) is 1.84. The van der Waals surface area contributed by atoms with E-state index in [1.54, 1.807) is 19.2 Å². The average molecular weight is 530 g/mol. The van der Waals surface area contributed by atoms with E-state index in [1.807, 2.05) is 36.4 Å². The lowest BCUT2D eigenvalue weighted by atomic mass is 9.97. The van der Waals surface area contributed by atoms with Crippen molar-refractivity contribution >= 4 is 44.2 Å². The normalized spacial score (nSPS) is 12.5. The topological polar surface area (TPSA) is 75.7 Å². The van der Waals surface area contributed by atoms with Crippen molar-refractivity contribution in [1.29, 1.82) is 0 Å². The Bertz CT molecular complexity index is 913. The summed E-state index contributed by atoms with van der Waals surface area (Å²) in [6, 6.07) is 14.3. The Hall–Kier alpha value is -1.81. The number of benzene rings is 2. The van der Waals surface area contributed by atoms with Gasteiger partial charge in [-0.2, -0.15) is 0 Å². The van der Waals surface area contributed by atoms with Gasteiger partial charge in [0, 0.05) is 3.57 Å². The summed E-state index contributed by atoms with van der Waals surface area (Å²) < 4.78 is 31.9. The number of carbonyl (C=O) groups is 1. The highest BCUT2D eigenvalue weighted by molar-refractivity contribution is 14.1. The minimum absolute atomic E-state index is 0.216. The lowest BCUT2D eigenvalue weighted by Gasteiger charge is -2.25. The number of sulfonamides is 1. The molecule has 0 spiro atoms. The summed E-state index contributed by atoms with van der Waals surface area (Å²) in [4.78, 5) is 12.8. The maximum absolute atomic E-state index is 12.8. The quantitative estimate of drug-likeness (QED) is 0.498. The van der Waals surface area contributed by atoms with E-state index in [0.717, 1.165) is 31.9 Å². The fraction of sp³-hybridized carbons (Fsp3) is 0.381. The zero-order valence-corrected chi connectivity index (χ0v) is 20.0. The van der Waals surface area contributed by atoms with Crippen molar-refractivity contribution in [2.45, 2.75) is 26.3 Å². The third-order valence-corrected chi connectivity index (χ3v) is 6.22. The van der Waals surface area contributed by atoms with E-state index in [0.29, 0.717) is 11.6 Å². The third-order valence-electron chi connectivity index (χ3n) is 4.36. The first-order valence-electron chi connectivity index (χ1n) is 9.26. The van der Waals surface area contributed by atoms with Gasteiger partial charge in [0.1, 0.15) is 12.3 Å². The van der Waals surface area contributed by atoms with E-state index >= 15 is 0 Å². The molecular formula is C21H27IN2O4S. The van der Waals surface area contributed by atoms with Crippen molar-refractivity contribution in [3.8, 4) is 5.75 Å². The molecule has 1 atom stereocenters. The molecule has 0 aliphatic heterocycles. The molecule has 0 heterocycles. The molecule has 8 heteroatoms. The van der Waals surface area contributed by atoms with Gasteiger partial charge in [-0.05, 0) is 76.9 Å². The first kappa shape index (κ1) is 23.5. The molecule has 29 heavy (non-hydrogen) atoms. The highest BCUT2D eigenvalue weighted by atomic mass is 127. The Morgan fingerprint density at radius 2 is 1.69 bits per heavy atom. The number of carbonyl (C=O) groups excluding carboxylic acids is 1. The van der Waals surface area contributed by atoms with Crippen LogP contribution in [0.2, 0.25) is 0 Å². The summed E-state index contributed by atoms with van der Waals surface area (Å²) in [5.74, 6) is 0.741. The van der Waals surface area contributed by atoms with Gasteiger partial charge in [0.05, 0.1) is 25.1 Å². The molecule has 1 amide bonds. The van der Waals surface area contributed by atoms with Gasteiger partial charge in [-0.1, -0.05) is 26.0 Å². The van der Waals surface area contributed by atoms with Crippen LogP contribution in [0.4, 0.5) is 5.69 Å². The van der Waals surface area contributed by atoms with Gasteiger partial charge in [0.2, 0.25) is 15.9 Å². The van der Waals surface area contributed by atoms with Crippen LogP contribution >= 0.6 is 22.6 Å². The molecule has 0 radical (unpaired) electrons. The largest absolute Gasteiger partial charge is 0.497 e. The standard InChI is InChI=1S/C21H27IN2O4S/c1-15(2)13-20(16-5-11-19(28-3)12-6-16)23-21(25)14-24(29(4,26)27)18-9-7-17(22)8-10-18/h5-12,15,20H,13-14H2,1-4H3,(H,23,25)/t20-/m1/s1. The third kappa shape index (κ3) is 7.18. The fourth-order valence-corrected chi connectivity index (χ4v) is 4.18. The molecule has 0 saturated heterocycles. The molecule has 0 unspecified atom stereocenters. The van der Waals surface area contributed by atoms with Crippen LogP contribution in [0, 0.1) is 9.49 Å². The summed E-state index contributed by atoms with van der Waals surface area (Å²) in [5.41, 5.74) is 1.42. The van der Waals surface area contributed by atoms with Crippen LogP contribution in [-0.4, -0.2) is 34.2 Å². The van der Waals surface area contributed by atoms with Crippen molar-refractivity contribution in [3.63, 3.8) is 0 Å². The van der Waals surface area contributed by atoms with Gasteiger partial charge < -0.3 is 10.1 Å². The second-order valence-electron chi connectivity index (χ2n) is 7.27. The number of nitrogens with zero attached hydrogens (tertiary/aromatic N) is 1. The molecule has 0 aliphatic rings. The fourth-order valence-electron chi connectivity index (χ4n) is 2.96. The molecular weight excluding hydrogens is 503 g/mol. The molecule has 1 N–H and O–H groups in total. The highest BCUT2D eigenvalue weighted by Crippen LogP contribution is 2.24. The number of halogens is 1. The smallest absolute Gasteiger partial charge is 0.241 e. The number of hydrogen-bond donors (Lipinski definition) is 1. The predicted molar refractivity (Wildman–Crippen MR) is 125 cm³/mol. The van der Waals surface area contributed by atoms with Gasteiger partial charge in [0.15, 0.2) is 0 Å². The number of methoxy groups -OCH3 is 1. The van der Waals surface area contributed by atoms with Gasteiger partial charge in [-0.15, -0.1) is 0 Å². The van der Waals surface area contributed by atoms with E-state index in [2.05, 4.69) is 41.8 Å². The zero-order valence-electron chi connectivity index (χ0n) is 17.1. The molecule has 0 saturated carbocycles. The van der Waals surface area contributed by atoms with Crippen molar-refractivity contribution < 1.29 is 17.9 Å². The van der Waals surface area contributed by atoms with E-state index in [9.17, 15) is 13.2 Å². The lowest BCUT2D eigenvalue weighted by Crippen LogP contribution is -2.41. The molecule has 0 bridgehead atoms. The van der Waals surface area contributed by atoms with E-state index in [-0.39, 0.29) is 18.5 Å². The average Bonchev–Trinajstić information content (AvgIpc) is 2.65. The summed E-state index contributed by atoms with van der Waals surface area (Å²) in [7, 11) is -2.00. The van der Waals surface area contributed by atoms with E-state index in [1.165, 1.54) is 0 Å². The van der Waals surface area contributed by atoms with Crippen LogP contribution in [0.15, 0.2) is 48.5 Å². The van der Waals surface area contributed by atoms with Crippen LogP contribution in [0.25, 0.3) is 0 Å². The number of amides is 1. The number of nitrogens with one attached hydrogen (secondary N) is 1. The minimum Gasteiger partial charge on any atom is -0.497 e. The monoisotopic (exact) mass is 530 g/mol.